The second-order valence-corrected chi connectivity index (χ2v) is 12.7. The van der Waals surface area contributed by atoms with E-state index >= 15 is 0 Å². The van der Waals surface area contributed by atoms with Crippen LogP contribution >= 0.6 is 0 Å². The summed E-state index contributed by atoms with van der Waals surface area (Å²) in [5, 5.41) is 1.21. The molecule has 1 aliphatic heterocycles. The van der Waals surface area contributed by atoms with Crippen LogP contribution in [-0.4, -0.2) is 19.5 Å². The number of para-hydroxylation sites is 2. The fraction of sp³-hybridized carbons (Fsp3) is 0.0444. The molecular formula is C45H30N4O. The molecule has 2 aliphatic rings. The van der Waals surface area contributed by atoms with Crippen LogP contribution in [0.3, 0.4) is 0 Å². The van der Waals surface area contributed by atoms with E-state index < -0.39 is 0 Å². The largest absolute Gasteiger partial charge is 0.484 e. The molecule has 50 heavy (non-hydrogen) atoms. The fourth-order valence-corrected chi connectivity index (χ4v) is 7.66. The van der Waals surface area contributed by atoms with E-state index in [9.17, 15) is 0 Å². The quantitative estimate of drug-likeness (QED) is 0.187. The Labute approximate surface area is 289 Å². The van der Waals surface area contributed by atoms with Crippen molar-refractivity contribution in [2.24, 2.45) is 0 Å². The van der Waals surface area contributed by atoms with E-state index in [2.05, 4.69) is 114 Å². The van der Waals surface area contributed by atoms with Gasteiger partial charge in [-0.25, -0.2) is 15.0 Å². The number of benzene rings is 6. The first-order valence-corrected chi connectivity index (χ1v) is 16.9. The van der Waals surface area contributed by atoms with Crippen LogP contribution in [0.25, 0.3) is 68.0 Å². The zero-order valence-electron chi connectivity index (χ0n) is 27.0. The molecule has 10 rings (SSSR count). The van der Waals surface area contributed by atoms with Gasteiger partial charge in [-0.05, 0) is 42.0 Å². The molecule has 1 aliphatic carbocycles. The molecule has 236 valence electrons. The lowest BCUT2D eigenvalue weighted by Crippen LogP contribution is -2.14. The first-order valence-electron chi connectivity index (χ1n) is 16.9. The Morgan fingerprint density at radius 2 is 1.06 bits per heavy atom. The Morgan fingerprint density at radius 1 is 0.500 bits per heavy atom. The molecular weight excluding hydrogens is 613 g/mol. The standard InChI is InChI=1S/C45H30N4O/c1-5-15-29(16-6-1)39-35(45-47-43(30-17-7-2-8-18-30)46-44(48-45)31-19-9-3-10-20-31)26-28-38-41(39)34-25-27-37-40(42(34)50-38)33-23-13-14-24-36(33)49(37)32-21-11-4-12-22-32/h1-28,34,42H. The fourth-order valence-electron chi connectivity index (χ4n) is 7.66. The van der Waals surface area contributed by atoms with Crippen LogP contribution in [0.15, 0.2) is 164 Å². The van der Waals surface area contributed by atoms with Gasteiger partial charge >= 0.3 is 0 Å². The molecule has 2 aromatic heterocycles. The van der Waals surface area contributed by atoms with Crippen molar-refractivity contribution in [2.75, 3.05) is 0 Å². The number of rotatable bonds is 5. The van der Waals surface area contributed by atoms with Crippen LogP contribution in [0, 0.1) is 0 Å². The van der Waals surface area contributed by atoms with Gasteiger partial charge in [-0.3, -0.25) is 0 Å². The van der Waals surface area contributed by atoms with E-state index in [0.717, 1.165) is 50.5 Å². The van der Waals surface area contributed by atoms with Crippen molar-refractivity contribution in [3.8, 4) is 56.7 Å². The molecule has 5 heteroatoms. The molecule has 0 fully saturated rings. The molecule has 8 aromatic rings. The summed E-state index contributed by atoms with van der Waals surface area (Å²) in [4.78, 5) is 15.2. The third-order valence-corrected chi connectivity index (χ3v) is 9.83. The highest BCUT2D eigenvalue weighted by atomic mass is 16.5. The lowest BCUT2D eigenvalue weighted by atomic mass is 9.81. The van der Waals surface area contributed by atoms with E-state index in [1.165, 1.54) is 16.5 Å². The Bertz CT molecular complexity index is 2500. The number of nitrogens with zero attached hydrogens (tertiary/aromatic N) is 4. The van der Waals surface area contributed by atoms with Gasteiger partial charge in [-0.15, -0.1) is 0 Å². The predicted octanol–water partition coefficient (Wildman–Crippen LogP) is 10.7. The first kappa shape index (κ1) is 28.4. The second-order valence-electron chi connectivity index (χ2n) is 12.7. The number of ether oxygens (including phenoxy) is 1. The summed E-state index contributed by atoms with van der Waals surface area (Å²) >= 11 is 0. The van der Waals surface area contributed by atoms with Crippen molar-refractivity contribution in [3.63, 3.8) is 0 Å². The van der Waals surface area contributed by atoms with Gasteiger partial charge in [0.15, 0.2) is 17.5 Å². The highest BCUT2D eigenvalue weighted by Gasteiger charge is 2.42. The number of hydrogen-bond acceptors (Lipinski definition) is 4. The third-order valence-electron chi connectivity index (χ3n) is 9.83. The Morgan fingerprint density at radius 3 is 1.72 bits per heavy atom. The van der Waals surface area contributed by atoms with Crippen LogP contribution in [0.2, 0.25) is 0 Å². The van der Waals surface area contributed by atoms with Crippen LogP contribution in [0.4, 0.5) is 0 Å². The van der Waals surface area contributed by atoms with E-state index in [-0.39, 0.29) is 12.0 Å². The smallest absolute Gasteiger partial charge is 0.164 e. The van der Waals surface area contributed by atoms with Gasteiger partial charge in [0.1, 0.15) is 11.9 Å². The van der Waals surface area contributed by atoms with Gasteiger partial charge in [0.05, 0.1) is 11.2 Å². The van der Waals surface area contributed by atoms with Gasteiger partial charge in [-0.1, -0.05) is 133 Å². The maximum atomic E-state index is 7.02. The van der Waals surface area contributed by atoms with E-state index in [4.69, 9.17) is 19.7 Å². The van der Waals surface area contributed by atoms with E-state index in [1.807, 2.05) is 60.7 Å². The molecule has 0 N–H and O–H groups in total. The minimum Gasteiger partial charge on any atom is -0.484 e. The van der Waals surface area contributed by atoms with Gasteiger partial charge in [0.25, 0.3) is 0 Å². The minimum atomic E-state index is -0.185. The van der Waals surface area contributed by atoms with Crippen molar-refractivity contribution >= 4 is 17.0 Å². The normalized spacial score (nSPS) is 15.7. The average Bonchev–Trinajstić information content (AvgIpc) is 3.74. The van der Waals surface area contributed by atoms with Crippen molar-refractivity contribution < 1.29 is 4.74 Å². The molecule has 0 saturated heterocycles. The highest BCUT2D eigenvalue weighted by Crippen LogP contribution is 2.57. The molecule has 2 atom stereocenters. The maximum Gasteiger partial charge on any atom is 0.164 e. The zero-order chi connectivity index (χ0) is 33.0. The zero-order valence-corrected chi connectivity index (χ0v) is 27.0. The SMILES string of the molecule is C1=CC2c3c(ccc(-c4nc(-c5ccccc5)nc(-c5ccccc5)n4)c3-c3ccccc3)OC2c2c1n(-c1ccccc1)c1ccccc21. The Hall–Kier alpha value is -6.59. The number of hydrogen-bond donors (Lipinski definition) is 0. The van der Waals surface area contributed by atoms with E-state index in [0.29, 0.717) is 17.5 Å². The van der Waals surface area contributed by atoms with Crippen molar-refractivity contribution in [1.82, 2.24) is 19.5 Å². The summed E-state index contributed by atoms with van der Waals surface area (Å²) in [6.07, 6.45) is 4.43. The van der Waals surface area contributed by atoms with Gasteiger partial charge in [0, 0.05) is 50.4 Å². The second kappa shape index (κ2) is 11.5. The molecule has 6 aromatic carbocycles. The summed E-state index contributed by atoms with van der Waals surface area (Å²) in [5.74, 6) is 2.78. The number of fused-ring (bicyclic) bond motifs is 7. The maximum absolute atomic E-state index is 7.02. The van der Waals surface area contributed by atoms with Gasteiger partial charge < -0.3 is 9.30 Å². The van der Waals surface area contributed by atoms with Gasteiger partial charge in [-0.2, -0.15) is 0 Å². The summed E-state index contributed by atoms with van der Waals surface area (Å²) in [7, 11) is 0. The van der Waals surface area contributed by atoms with Gasteiger partial charge in [0.2, 0.25) is 0 Å². The lowest BCUT2D eigenvalue weighted by Gasteiger charge is -2.23. The lowest BCUT2D eigenvalue weighted by molar-refractivity contribution is 0.224. The van der Waals surface area contributed by atoms with Crippen LogP contribution in [-0.2, 0) is 0 Å². The average molecular weight is 643 g/mol. The van der Waals surface area contributed by atoms with E-state index in [1.54, 1.807) is 0 Å². The molecule has 5 nitrogen and oxygen atoms in total. The van der Waals surface area contributed by atoms with Crippen molar-refractivity contribution in [1.29, 1.82) is 0 Å². The summed E-state index contributed by atoms with van der Waals surface area (Å²) in [6.45, 7) is 0. The molecule has 0 amide bonds. The van der Waals surface area contributed by atoms with Crippen molar-refractivity contribution in [2.45, 2.75) is 12.0 Å². The molecule has 0 bridgehead atoms. The molecule has 0 radical (unpaired) electrons. The first-order chi connectivity index (χ1) is 24.8. The van der Waals surface area contributed by atoms with Crippen LogP contribution in [0.5, 0.6) is 5.75 Å². The van der Waals surface area contributed by atoms with Crippen LogP contribution in [0.1, 0.15) is 28.8 Å². The minimum absolute atomic E-state index is 0.00768. The Kier molecular flexibility index (Phi) is 6.56. The summed E-state index contributed by atoms with van der Waals surface area (Å²) < 4.78 is 9.37. The number of aromatic nitrogens is 4. The van der Waals surface area contributed by atoms with Crippen LogP contribution < -0.4 is 4.74 Å². The Balaban J connectivity index is 1.20. The molecule has 0 spiro atoms. The summed E-state index contributed by atoms with van der Waals surface area (Å²) in [5.41, 5.74) is 10.8. The molecule has 2 unspecified atom stereocenters. The topological polar surface area (TPSA) is 52.8 Å². The monoisotopic (exact) mass is 642 g/mol. The molecule has 3 heterocycles. The predicted molar refractivity (Wildman–Crippen MR) is 200 cm³/mol. The summed E-state index contributed by atoms with van der Waals surface area (Å²) in [6, 6.07) is 54.3. The molecule has 0 saturated carbocycles. The highest BCUT2D eigenvalue weighted by molar-refractivity contribution is 5.93. The third kappa shape index (κ3) is 4.51. The van der Waals surface area contributed by atoms with Crippen molar-refractivity contribution in [3.05, 3.63) is 181 Å².